The Bertz CT molecular complexity index is 423. The molecule has 0 aliphatic carbocycles. The van der Waals surface area contributed by atoms with Gasteiger partial charge in [-0.1, -0.05) is 15.9 Å². The zero-order valence-corrected chi connectivity index (χ0v) is 10.6. The fraction of sp³-hybridized carbons (Fsp3) is 0.200. The van der Waals surface area contributed by atoms with Crippen LogP contribution in [0.15, 0.2) is 22.7 Å². The van der Waals surface area contributed by atoms with Crippen LogP contribution in [-0.4, -0.2) is 17.7 Å². The minimum absolute atomic E-state index is 0.190. The molecule has 1 aromatic carbocycles. The van der Waals surface area contributed by atoms with Gasteiger partial charge in [0.1, 0.15) is 0 Å². The van der Waals surface area contributed by atoms with E-state index in [4.69, 9.17) is 17.3 Å². The molecule has 0 aliphatic rings. The van der Waals surface area contributed by atoms with E-state index < -0.39 is 5.91 Å². The molecule has 0 aliphatic heterocycles. The van der Waals surface area contributed by atoms with E-state index in [1.54, 1.807) is 18.2 Å². The van der Waals surface area contributed by atoms with E-state index in [9.17, 15) is 9.59 Å². The number of hydrogen-bond acceptors (Lipinski definition) is 2. The van der Waals surface area contributed by atoms with Crippen LogP contribution in [0, 0.1) is 0 Å². The predicted octanol–water partition coefficient (Wildman–Crippen LogP) is 2.12. The van der Waals surface area contributed by atoms with Gasteiger partial charge in [0.15, 0.2) is 0 Å². The molecule has 0 unspecified atom stereocenters. The average Bonchev–Trinajstić information content (AvgIpc) is 2.20. The monoisotopic (exact) mass is 304 g/mol. The van der Waals surface area contributed by atoms with Gasteiger partial charge in [-0.05, 0) is 18.2 Å². The maximum atomic E-state index is 11.3. The number of amides is 2. The molecule has 0 bridgehead atoms. The van der Waals surface area contributed by atoms with E-state index in [0.717, 1.165) is 4.47 Å². The van der Waals surface area contributed by atoms with Crippen molar-refractivity contribution < 1.29 is 9.59 Å². The van der Waals surface area contributed by atoms with Gasteiger partial charge in [-0.15, -0.1) is 11.6 Å². The number of nitrogens with two attached hydrogens (primary N) is 1. The molecule has 0 aromatic heterocycles. The first-order valence-corrected chi connectivity index (χ1v) is 5.82. The third kappa shape index (κ3) is 3.50. The Labute approximate surface area is 106 Å². The lowest BCUT2D eigenvalue weighted by Gasteiger charge is -2.08. The summed E-state index contributed by atoms with van der Waals surface area (Å²) in [6, 6.07) is 4.87. The van der Waals surface area contributed by atoms with Crippen molar-refractivity contribution in [2.24, 2.45) is 5.73 Å². The van der Waals surface area contributed by atoms with Crippen LogP contribution in [0.3, 0.4) is 0 Å². The van der Waals surface area contributed by atoms with Gasteiger partial charge in [-0.3, -0.25) is 9.59 Å². The lowest BCUT2D eigenvalue weighted by atomic mass is 10.1. The molecular weight excluding hydrogens is 295 g/mol. The van der Waals surface area contributed by atoms with Crippen LogP contribution in [-0.2, 0) is 4.79 Å². The number of halogens is 2. The molecule has 0 saturated carbocycles. The van der Waals surface area contributed by atoms with Crippen LogP contribution >= 0.6 is 27.5 Å². The van der Waals surface area contributed by atoms with E-state index in [1.165, 1.54) is 0 Å². The van der Waals surface area contributed by atoms with Crippen molar-refractivity contribution in [2.45, 2.75) is 6.42 Å². The van der Waals surface area contributed by atoms with E-state index >= 15 is 0 Å². The third-order valence-corrected chi connectivity index (χ3v) is 2.52. The molecule has 0 radical (unpaired) electrons. The lowest BCUT2D eigenvalue weighted by Crippen LogP contribution is -2.18. The van der Waals surface area contributed by atoms with Crippen LogP contribution < -0.4 is 11.1 Å². The highest BCUT2D eigenvalue weighted by Crippen LogP contribution is 2.20. The molecule has 0 heterocycles. The molecule has 0 fully saturated rings. The lowest BCUT2D eigenvalue weighted by molar-refractivity contribution is -0.115. The highest BCUT2D eigenvalue weighted by atomic mass is 79.9. The summed E-state index contributed by atoms with van der Waals surface area (Å²) in [4.78, 5) is 22.5. The molecule has 1 rings (SSSR count). The highest BCUT2D eigenvalue weighted by molar-refractivity contribution is 9.10. The second-order valence-electron chi connectivity index (χ2n) is 3.04. The van der Waals surface area contributed by atoms with Crippen LogP contribution in [0.4, 0.5) is 5.69 Å². The van der Waals surface area contributed by atoms with Crippen molar-refractivity contribution in [2.75, 3.05) is 11.2 Å². The molecule has 6 heteroatoms. The molecule has 4 nitrogen and oxygen atoms in total. The summed E-state index contributed by atoms with van der Waals surface area (Å²) in [6.45, 7) is 0. The number of anilines is 1. The third-order valence-electron chi connectivity index (χ3n) is 1.84. The van der Waals surface area contributed by atoms with Crippen molar-refractivity contribution in [3.63, 3.8) is 0 Å². The fourth-order valence-corrected chi connectivity index (χ4v) is 1.66. The number of benzene rings is 1. The Hall–Kier alpha value is -1.07. The van der Waals surface area contributed by atoms with Gasteiger partial charge in [-0.25, -0.2) is 0 Å². The van der Waals surface area contributed by atoms with Gasteiger partial charge in [0.05, 0.1) is 11.3 Å². The molecule has 2 amide bonds. The minimum atomic E-state index is -0.595. The number of nitrogens with one attached hydrogen (secondary N) is 1. The van der Waals surface area contributed by atoms with E-state index in [2.05, 4.69) is 21.2 Å². The summed E-state index contributed by atoms with van der Waals surface area (Å²) in [5.74, 6) is -0.615. The second kappa shape index (κ2) is 5.86. The zero-order valence-electron chi connectivity index (χ0n) is 8.30. The number of alkyl halides is 1. The van der Waals surface area contributed by atoms with Gasteiger partial charge >= 0.3 is 0 Å². The SMILES string of the molecule is NC(=O)c1cc(Br)ccc1NC(=O)CCCl. The quantitative estimate of drug-likeness (QED) is 0.836. The van der Waals surface area contributed by atoms with Crippen molar-refractivity contribution in [1.29, 1.82) is 0 Å². The summed E-state index contributed by atoms with van der Waals surface area (Å²) in [6.07, 6.45) is 0.190. The van der Waals surface area contributed by atoms with E-state index in [0.29, 0.717) is 5.69 Å². The first-order valence-electron chi connectivity index (χ1n) is 4.49. The Kier molecular flexibility index (Phi) is 4.76. The Balaban J connectivity index is 2.95. The Morgan fingerprint density at radius 2 is 2.12 bits per heavy atom. The predicted molar refractivity (Wildman–Crippen MR) is 66.6 cm³/mol. The number of primary amides is 1. The molecule has 0 spiro atoms. The molecule has 0 saturated heterocycles. The Morgan fingerprint density at radius 1 is 1.44 bits per heavy atom. The van der Waals surface area contributed by atoms with Crippen LogP contribution in [0.1, 0.15) is 16.8 Å². The summed E-state index contributed by atoms with van der Waals surface area (Å²) < 4.78 is 0.719. The van der Waals surface area contributed by atoms with E-state index in [1.807, 2.05) is 0 Å². The van der Waals surface area contributed by atoms with Gasteiger partial charge in [0, 0.05) is 16.8 Å². The van der Waals surface area contributed by atoms with Crippen molar-refractivity contribution in [3.8, 4) is 0 Å². The zero-order chi connectivity index (χ0) is 12.1. The van der Waals surface area contributed by atoms with Crippen LogP contribution in [0.25, 0.3) is 0 Å². The van der Waals surface area contributed by atoms with Crippen LogP contribution in [0.5, 0.6) is 0 Å². The second-order valence-corrected chi connectivity index (χ2v) is 4.33. The first-order chi connectivity index (χ1) is 7.54. The maximum absolute atomic E-state index is 11.3. The van der Waals surface area contributed by atoms with Crippen LogP contribution in [0.2, 0.25) is 0 Å². The number of hydrogen-bond donors (Lipinski definition) is 2. The molecule has 16 heavy (non-hydrogen) atoms. The van der Waals surface area contributed by atoms with Gasteiger partial charge in [0.25, 0.3) is 5.91 Å². The van der Waals surface area contributed by atoms with Gasteiger partial charge in [-0.2, -0.15) is 0 Å². The Morgan fingerprint density at radius 3 is 2.69 bits per heavy atom. The number of carbonyl (C=O) groups excluding carboxylic acids is 2. The smallest absolute Gasteiger partial charge is 0.250 e. The van der Waals surface area contributed by atoms with Gasteiger partial charge < -0.3 is 11.1 Å². The van der Waals surface area contributed by atoms with Gasteiger partial charge in [0.2, 0.25) is 5.91 Å². The molecular formula is C10H10BrClN2O2. The molecule has 3 N–H and O–H groups in total. The van der Waals surface area contributed by atoms with Crippen molar-refractivity contribution >= 4 is 45.0 Å². The summed E-state index contributed by atoms with van der Waals surface area (Å²) in [7, 11) is 0. The largest absolute Gasteiger partial charge is 0.366 e. The van der Waals surface area contributed by atoms with Crippen molar-refractivity contribution in [3.05, 3.63) is 28.2 Å². The normalized spacial score (nSPS) is 9.88. The average molecular weight is 306 g/mol. The summed E-state index contributed by atoms with van der Waals surface area (Å²) in [5.41, 5.74) is 5.85. The first kappa shape index (κ1) is 13.0. The molecule has 0 atom stereocenters. The summed E-state index contributed by atoms with van der Waals surface area (Å²) in [5, 5.41) is 2.57. The van der Waals surface area contributed by atoms with Crippen molar-refractivity contribution in [1.82, 2.24) is 0 Å². The highest BCUT2D eigenvalue weighted by Gasteiger charge is 2.11. The molecule has 86 valence electrons. The topological polar surface area (TPSA) is 72.2 Å². The maximum Gasteiger partial charge on any atom is 0.250 e. The number of carbonyl (C=O) groups is 2. The fourth-order valence-electron chi connectivity index (χ4n) is 1.13. The summed E-state index contributed by atoms with van der Waals surface area (Å²) >= 11 is 8.65. The van der Waals surface area contributed by atoms with E-state index in [-0.39, 0.29) is 23.8 Å². The number of rotatable bonds is 4. The molecule has 1 aromatic rings. The minimum Gasteiger partial charge on any atom is -0.366 e. The standard InChI is InChI=1S/C10H10BrClN2O2/c11-6-1-2-8(7(5-6)10(13)16)14-9(15)3-4-12/h1-2,5H,3-4H2,(H2,13,16)(H,14,15).